The van der Waals surface area contributed by atoms with Crippen molar-refractivity contribution in [3.05, 3.63) is 131 Å². The molecule has 4 aliphatic heterocycles. The number of aromatic nitrogens is 4. The first-order valence-electron chi connectivity index (χ1n) is 27.8. The van der Waals surface area contributed by atoms with Gasteiger partial charge in [-0.15, -0.1) is 0 Å². The van der Waals surface area contributed by atoms with Gasteiger partial charge in [-0.25, -0.2) is 8.78 Å². The molecular weight excluding hydrogens is 1020 g/mol. The third-order valence-electron chi connectivity index (χ3n) is 16.6. The molecule has 2 aromatic heterocycles. The van der Waals surface area contributed by atoms with E-state index in [1.807, 2.05) is 0 Å². The lowest BCUT2D eigenvalue weighted by atomic mass is 9.88. The van der Waals surface area contributed by atoms with Crippen molar-refractivity contribution in [2.75, 3.05) is 44.4 Å². The number of rotatable bonds is 17. The molecule has 6 N–H and O–H groups in total. The van der Waals surface area contributed by atoms with Gasteiger partial charge in [0.25, 0.3) is 5.91 Å². The van der Waals surface area contributed by atoms with E-state index in [1.165, 1.54) is 17.0 Å². The SMILES string of the molecule is Cc1c(F)cc2[nH]ncc2c1-c1c(C2CC2)cc2c(N3C[C@@H]4C[C@H]3CN4)nc(OC3CCOCC3)nc2c1OCc1ccc(C(=O)N[C@H](C(=O)N2C[C@H](O)C[C@H]2C(=O)N[C@@H](CO)c2ccc(-c3ccccc3F)cc2)C(C)C)cc1. The van der Waals surface area contributed by atoms with Crippen LogP contribution in [0.5, 0.6) is 11.8 Å². The highest BCUT2D eigenvalue weighted by Crippen LogP contribution is 2.53. The van der Waals surface area contributed by atoms with Crippen LogP contribution >= 0.6 is 0 Å². The quantitative estimate of drug-likeness (QED) is 0.0520. The molecule has 2 bridgehead atoms. The first-order valence-corrected chi connectivity index (χ1v) is 27.8. The molecule has 3 amide bonds. The summed E-state index contributed by atoms with van der Waals surface area (Å²) < 4.78 is 50.0. The smallest absolute Gasteiger partial charge is 0.319 e. The molecule has 4 saturated heterocycles. The highest BCUT2D eigenvalue weighted by atomic mass is 19.1. The molecule has 0 radical (unpaired) electrons. The number of anilines is 1. The molecule has 0 spiro atoms. The van der Waals surface area contributed by atoms with Crippen molar-refractivity contribution < 1.29 is 47.6 Å². The summed E-state index contributed by atoms with van der Waals surface area (Å²) in [5.74, 6) is -1.39. The Balaban J connectivity index is 0.810. The molecule has 5 aliphatic rings. The number of amides is 3. The first kappa shape index (κ1) is 53.1. The number of hydrogen-bond acceptors (Lipinski definition) is 13. The molecule has 80 heavy (non-hydrogen) atoms. The van der Waals surface area contributed by atoms with Crippen LogP contribution in [0.1, 0.15) is 96.9 Å². The summed E-state index contributed by atoms with van der Waals surface area (Å²) in [7, 11) is 0. The summed E-state index contributed by atoms with van der Waals surface area (Å²) in [5.41, 5.74) is 6.56. The van der Waals surface area contributed by atoms with Gasteiger partial charge in [-0.2, -0.15) is 15.1 Å². The number of aliphatic hydroxyl groups is 2. The molecule has 5 aromatic carbocycles. The van der Waals surface area contributed by atoms with Crippen LogP contribution in [0.25, 0.3) is 44.1 Å². The molecule has 19 heteroatoms. The standard InChI is InChI=1S/C61H65F2N9O8/c1-32(2)54(60(77)72-29-41(74)23-51(72)59(76)66-50(30-73)37-16-14-35(15-17-37)43-6-4-5-7-47(43)62)67-58(75)38-10-8-34(9-11-38)31-79-56-53(52-33(3)48(63)25-49-46(52)27-65-70-49)44(36-12-13-36)24-45-55(56)68-61(80-42-18-20-78-21-19-42)69-57(45)71-28-39-22-40(71)26-64-39/h4-11,14-17,24-25,27,32,36,39-42,50-51,54,64,73-74H,12-13,18-23,26,28-31H2,1-3H3,(H,65,70)(H,66,76)(H,67,75)/t39-,40-,41+,50-,51-,54-/m0/s1. The van der Waals surface area contributed by atoms with Gasteiger partial charge < -0.3 is 50.2 Å². The van der Waals surface area contributed by atoms with Crippen LogP contribution in [0.4, 0.5) is 14.6 Å². The second-order valence-electron chi connectivity index (χ2n) is 22.4. The molecule has 12 rings (SSSR count). The Kier molecular flexibility index (Phi) is 14.7. The van der Waals surface area contributed by atoms with Gasteiger partial charge in [0.2, 0.25) is 11.8 Å². The van der Waals surface area contributed by atoms with Crippen LogP contribution in [-0.2, 0) is 20.9 Å². The average Bonchev–Trinajstić information content (AvgIpc) is 3.94. The Labute approximate surface area is 461 Å². The summed E-state index contributed by atoms with van der Waals surface area (Å²) in [4.78, 5) is 56.5. The van der Waals surface area contributed by atoms with E-state index in [9.17, 15) is 29.0 Å². The maximum Gasteiger partial charge on any atom is 0.319 e. The second-order valence-corrected chi connectivity index (χ2v) is 22.4. The van der Waals surface area contributed by atoms with E-state index in [-0.39, 0.29) is 60.8 Å². The zero-order valence-corrected chi connectivity index (χ0v) is 44.9. The molecule has 6 heterocycles. The third-order valence-corrected chi connectivity index (χ3v) is 16.6. The van der Waals surface area contributed by atoms with Gasteiger partial charge in [0.05, 0.1) is 43.7 Å². The summed E-state index contributed by atoms with van der Waals surface area (Å²) >= 11 is 0. The van der Waals surface area contributed by atoms with Gasteiger partial charge in [0.1, 0.15) is 47.8 Å². The van der Waals surface area contributed by atoms with Crippen molar-refractivity contribution in [3.8, 4) is 34.0 Å². The fraction of sp³-hybridized carbons (Fsp3) is 0.410. The Hall–Kier alpha value is -7.58. The van der Waals surface area contributed by atoms with Crippen LogP contribution in [0.2, 0.25) is 0 Å². The lowest BCUT2D eigenvalue weighted by Gasteiger charge is -2.31. The van der Waals surface area contributed by atoms with Crippen LogP contribution in [0.3, 0.4) is 0 Å². The zero-order valence-electron chi connectivity index (χ0n) is 44.9. The van der Waals surface area contributed by atoms with E-state index in [0.717, 1.165) is 65.6 Å². The number of piperazine rings is 1. The Morgan fingerprint density at radius 3 is 2.36 bits per heavy atom. The minimum Gasteiger partial charge on any atom is -0.486 e. The van der Waals surface area contributed by atoms with Crippen LogP contribution in [-0.4, -0.2) is 129 Å². The van der Waals surface area contributed by atoms with Crippen molar-refractivity contribution in [2.45, 2.75) is 114 Å². The predicted octanol–water partition coefficient (Wildman–Crippen LogP) is 7.56. The summed E-state index contributed by atoms with van der Waals surface area (Å²) in [6, 6.07) is 21.5. The number of benzene rings is 5. The van der Waals surface area contributed by atoms with E-state index in [2.05, 4.69) is 37.1 Å². The molecule has 6 atom stereocenters. The zero-order chi connectivity index (χ0) is 55.3. The van der Waals surface area contributed by atoms with Crippen LogP contribution in [0, 0.1) is 24.5 Å². The first-order chi connectivity index (χ1) is 38.8. The van der Waals surface area contributed by atoms with E-state index in [0.29, 0.717) is 76.7 Å². The summed E-state index contributed by atoms with van der Waals surface area (Å²) in [6.45, 7) is 7.56. The number of hydrogen-bond donors (Lipinski definition) is 6. The van der Waals surface area contributed by atoms with Crippen LogP contribution in [0.15, 0.2) is 91.1 Å². The number of fused-ring (bicyclic) bond motifs is 4. The number of carbonyl (C=O) groups is 3. The van der Waals surface area contributed by atoms with Crippen molar-refractivity contribution in [3.63, 3.8) is 0 Å². The number of aromatic amines is 1. The predicted molar refractivity (Wildman–Crippen MR) is 296 cm³/mol. The number of likely N-dealkylation sites (tertiary alicyclic amines) is 1. The third kappa shape index (κ3) is 10.4. The normalized spacial score (nSPS) is 20.9. The largest absolute Gasteiger partial charge is 0.486 e. The number of H-pyrrole nitrogens is 1. The minimum absolute atomic E-state index is 0.0405. The number of carbonyl (C=O) groups excluding carboxylic acids is 3. The number of halogens is 2. The van der Waals surface area contributed by atoms with Gasteiger partial charge >= 0.3 is 6.01 Å². The molecule has 0 unspecified atom stereocenters. The van der Waals surface area contributed by atoms with Gasteiger partial charge in [0, 0.05) is 84.0 Å². The van der Waals surface area contributed by atoms with E-state index in [4.69, 9.17) is 24.2 Å². The molecular formula is C61H65F2N9O8. The number of nitrogens with zero attached hydrogens (tertiary/aromatic N) is 5. The fourth-order valence-corrected chi connectivity index (χ4v) is 12.1. The van der Waals surface area contributed by atoms with Crippen molar-refractivity contribution in [1.29, 1.82) is 0 Å². The monoisotopic (exact) mass is 1090 g/mol. The molecule has 1 aliphatic carbocycles. The summed E-state index contributed by atoms with van der Waals surface area (Å²) in [5, 5.41) is 39.5. The van der Waals surface area contributed by atoms with E-state index >= 15 is 4.39 Å². The molecule has 416 valence electrons. The van der Waals surface area contributed by atoms with E-state index < -0.39 is 54.5 Å². The highest BCUT2D eigenvalue weighted by Gasteiger charge is 2.44. The Bertz CT molecular complexity index is 3480. The Morgan fingerprint density at radius 1 is 0.887 bits per heavy atom. The lowest BCUT2D eigenvalue weighted by molar-refractivity contribution is -0.141. The number of aliphatic hydroxyl groups excluding tert-OH is 2. The maximum absolute atomic E-state index is 16.1. The molecule has 7 aromatic rings. The van der Waals surface area contributed by atoms with Gasteiger partial charge in [-0.1, -0.05) is 68.4 Å². The fourth-order valence-electron chi connectivity index (χ4n) is 12.1. The number of ether oxygens (including phenoxy) is 3. The van der Waals surface area contributed by atoms with E-state index in [1.54, 1.807) is 93.7 Å². The maximum atomic E-state index is 16.1. The minimum atomic E-state index is -1.09. The van der Waals surface area contributed by atoms with Gasteiger partial charge in [-0.3, -0.25) is 19.5 Å². The van der Waals surface area contributed by atoms with Gasteiger partial charge in [0.15, 0.2) is 5.75 Å². The highest BCUT2D eigenvalue weighted by molar-refractivity contribution is 6.06. The Morgan fingerprint density at radius 2 is 1.66 bits per heavy atom. The second kappa shape index (κ2) is 22.2. The van der Waals surface area contributed by atoms with Crippen molar-refractivity contribution >= 4 is 45.3 Å². The number of β-amino-alcohol motifs (C(OH)–C–C–N with tert-alkyl or cyclic N) is 1. The van der Waals surface area contributed by atoms with Crippen LogP contribution < -0.4 is 30.3 Å². The van der Waals surface area contributed by atoms with Crippen molar-refractivity contribution in [2.24, 2.45) is 5.92 Å². The molecule has 17 nitrogen and oxygen atoms in total. The number of nitrogens with one attached hydrogen (secondary N) is 4. The summed E-state index contributed by atoms with van der Waals surface area (Å²) in [6.07, 6.45) is 4.82. The lowest BCUT2D eigenvalue weighted by Crippen LogP contribution is -2.55. The van der Waals surface area contributed by atoms with Crippen molar-refractivity contribution in [1.82, 2.24) is 41.0 Å². The molecule has 5 fully saturated rings. The topological polar surface area (TPSA) is 216 Å². The van der Waals surface area contributed by atoms with Gasteiger partial charge in [-0.05, 0) is 96.2 Å². The molecule has 1 saturated carbocycles. The average molecular weight is 1090 g/mol.